The molecule has 0 amide bonds. The van der Waals surface area contributed by atoms with Gasteiger partial charge in [0.2, 0.25) is 5.78 Å². The van der Waals surface area contributed by atoms with Crippen LogP contribution in [-0.2, 0) is 0 Å². The summed E-state index contributed by atoms with van der Waals surface area (Å²) in [6, 6.07) is 17.9. The van der Waals surface area contributed by atoms with E-state index in [0.29, 0.717) is 11.1 Å². The van der Waals surface area contributed by atoms with Crippen molar-refractivity contribution in [3.05, 3.63) is 71.5 Å². The summed E-state index contributed by atoms with van der Waals surface area (Å²) < 4.78 is 5.51. The van der Waals surface area contributed by atoms with Gasteiger partial charge in [-0.05, 0) is 24.6 Å². The molecule has 1 heterocycles. The van der Waals surface area contributed by atoms with Crippen LogP contribution in [0.5, 0.6) is 0 Å². The highest BCUT2D eigenvalue weighted by molar-refractivity contribution is 6.00. The summed E-state index contributed by atoms with van der Waals surface area (Å²) in [5, 5.41) is 20.6. The van der Waals surface area contributed by atoms with Gasteiger partial charge in [-0.2, -0.15) is 5.26 Å². The van der Waals surface area contributed by atoms with Crippen molar-refractivity contribution >= 4 is 16.8 Å². The van der Waals surface area contributed by atoms with Gasteiger partial charge in [0, 0.05) is 5.39 Å². The van der Waals surface area contributed by atoms with Crippen LogP contribution >= 0.6 is 0 Å². The number of hydrogen-bond acceptors (Lipinski definition) is 4. The number of fused-ring (bicyclic) bond motifs is 1. The summed E-state index contributed by atoms with van der Waals surface area (Å²) in [5.74, 6) is -1.64. The molecule has 23 heavy (non-hydrogen) atoms. The van der Waals surface area contributed by atoms with E-state index >= 15 is 0 Å². The van der Waals surface area contributed by atoms with E-state index in [2.05, 4.69) is 0 Å². The number of para-hydroxylation sites is 1. The van der Waals surface area contributed by atoms with Crippen LogP contribution in [0, 0.1) is 24.2 Å². The van der Waals surface area contributed by atoms with Gasteiger partial charge in [0.1, 0.15) is 17.6 Å². The minimum absolute atomic E-state index is 0.0875. The molecule has 0 fully saturated rings. The van der Waals surface area contributed by atoms with E-state index in [0.717, 1.165) is 10.9 Å². The van der Waals surface area contributed by atoms with E-state index in [4.69, 9.17) is 4.42 Å². The molecule has 2 atom stereocenters. The second-order valence-corrected chi connectivity index (χ2v) is 5.48. The Hall–Kier alpha value is -2.90. The van der Waals surface area contributed by atoms with Crippen molar-refractivity contribution in [1.29, 1.82) is 5.26 Å². The van der Waals surface area contributed by atoms with Crippen LogP contribution in [0.4, 0.5) is 0 Å². The van der Waals surface area contributed by atoms with Crippen molar-refractivity contribution in [2.24, 2.45) is 5.92 Å². The van der Waals surface area contributed by atoms with E-state index in [1.54, 1.807) is 30.3 Å². The highest BCUT2D eigenvalue weighted by Crippen LogP contribution is 2.28. The van der Waals surface area contributed by atoms with Gasteiger partial charge in [-0.1, -0.05) is 48.0 Å². The zero-order chi connectivity index (χ0) is 16.4. The molecular weight excluding hydrogens is 290 g/mol. The fraction of sp³-hybridized carbons (Fsp3) is 0.158. The number of aliphatic hydroxyl groups excluding tert-OH is 1. The lowest BCUT2D eigenvalue weighted by atomic mass is 9.91. The minimum atomic E-state index is -1.21. The molecule has 3 aromatic rings. The predicted molar refractivity (Wildman–Crippen MR) is 85.8 cm³/mol. The van der Waals surface area contributed by atoms with Crippen LogP contribution in [0.1, 0.15) is 27.8 Å². The average molecular weight is 305 g/mol. The number of benzene rings is 2. The molecular formula is C19H15NO3. The maximum atomic E-state index is 12.6. The standard InChI is InChI=1S/C19H15NO3/c1-12-5-4-7-14(9-12)18(21)15(11-20)19(22)17-10-13-6-2-3-8-16(13)23-17/h2-10,15,18,21H,1H3. The molecule has 0 saturated heterocycles. The Bertz CT molecular complexity index is 871. The van der Waals surface area contributed by atoms with E-state index < -0.39 is 17.8 Å². The zero-order valence-electron chi connectivity index (χ0n) is 12.6. The molecule has 4 heteroatoms. The number of aryl methyl sites for hydroxylation is 1. The summed E-state index contributed by atoms with van der Waals surface area (Å²) in [6.07, 6.45) is -1.19. The van der Waals surface area contributed by atoms with Gasteiger partial charge in [-0.25, -0.2) is 0 Å². The summed E-state index contributed by atoms with van der Waals surface area (Å²) in [6.45, 7) is 1.89. The highest BCUT2D eigenvalue weighted by Gasteiger charge is 2.31. The largest absolute Gasteiger partial charge is 0.453 e. The highest BCUT2D eigenvalue weighted by atomic mass is 16.3. The lowest BCUT2D eigenvalue weighted by Gasteiger charge is -2.15. The molecule has 0 radical (unpaired) electrons. The Kier molecular flexibility index (Phi) is 3.96. The predicted octanol–water partition coefficient (Wildman–Crippen LogP) is 3.80. The number of rotatable bonds is 4. The van der Waals surface area contributed by atoms with Crippen LogP contribution in [-0.4, -0.2) is 10.9 Å². The summed E-state index contributed by atoms with van der Waals surface area (Å²) >= 11 is 0. The Morgan fingerprint density at radius 2 is 1.96 bits per heavy atom. The zero-order valence-corrected chi connectivity index (χ0v) is 12.6. The van der Waals surface area contributed by atoms with Crippen molar-refractivity contribution in [2.45, 2.75) is 13.0 Å². The molecule has 0 bridgehead atoms. The number of hydrogen-bond donors (Lipinski definition) is 1. The third-order valence-electron chi connectivity index (χ3n) is 3.79. The van der Waals surface area contributed by atoms with Crippen molar-refractivity contribution < 1.29 is 14.3 Å². The van der Waals surface area contributed by atoms with Gasteiger partial charge in [0.15, 0.2) is 5.76 Å². The number of Topliss-reactive ketones (excluding diaryl/α,β-unsaturated/α-hetero) is 1. The molecule has 1 N–H and O–H groups in total. The fourth-order valence-corrected chi connectivity index (χ4v) is 2.58. The number of nitrogens with zero attached hydrogens (tertiary/aromatic N) is 1. The van der Waals surface area contributed by atoms with Gasteiger partial charge in [-0.15, -0.1) is 0 Å². The second-order valence-electron chi connectivity index (χ2n) is 5.48. The van der Waals surface area contributed by atoms with Gasteiger partial charge < -0.3 is 9.52 Å². The van der Waals surface area contributed by atoms with Crippen molar-refractivity contribution in [3.63, 3.8) is 0 Å². The average Bonchev–Trinajstić information content (AvgIpc) is 2.99. The lowest BCUT2D eigenvalue weighted by molar-refractivity contribution is 0.0751. The molecule has 2 unspecified atom stereocenters. The summed E-state index contributed by atoms with van der Waals surface area (Å²) in [7, 11) is 0. The second kappa shape index (κ2) is 6.07. The topological polar surface area (TPSA) is 74.2 Å². The van der Waals surface area contributed by atoms with Gasteiger partial charge in [0.25, 0.3) is 0 Å². The first kappa shape index (κ1) is 15.0. The van der Waals surface area contributed by atoms with E-state index in [1.807, 2.05) is 37.3 Å². The first-order valence-corrected chi connectivity index (χ1v) is 7.27. The summed E-state index contributed by atoms with van der Waals surface area (Å²) in [5.41, 5.74) is 2.08. The molecule has 4 nitrogen and oxygen atoms in total. The Balaban J connectivity index is 1.93. The van der Waals surface area contributed by atoms with E-state index in [1.165, 1.54) is 0 Å². The number of aliphatic hydroxyl groups is 1. The van der Waals surface area contributed by atoms with Gasteiger partial charge in [-0.3, -0.25) is 4.79 Å². The molecule has 0 spiro atoms. The fourth-order valence-electron chi connectivity index (χ4n) is 2.58. The maximum Gasteiger partial charge on any atom is 0.218 e. The number of furan rings is 1. The SMILES string of the molecule is Cc1cccc(C(O)C(C#N)C(=O)c2cc3ccccc3o2)c1. The number of ketones is 1. The van der Waals surface area contributed by atoms with Crippen molar-refractivity contribution in [1.82, 2.24) is 0 Å². The molecule has 2 aromatic carbocycles. The van der Waals surface area contributed by atoms with Crippen molar-refractivity contribution in [3.8, 4) is 6.07 Å². The number of carbonyl (C=O) groups excluding carboxylic acids is 1. The van der Waals surface area contributed by atoms with Crippen molar-refractivity contribution in [2.75, 3.05) is 0 Å². The quantitative estimate of drug-likeness (QED) is 0.744. The van der Waals surface area contributed by atoms with Crippen LogP contribution in [0.3, 0.4) is 0 Å². The molecule has 0 aliphatic carbocycles. The first-order chi connectivity index (χ1) is 11.1. The maximum absolute atomic E-state index is 12.6. The first-order valence-electron chi connectivity index (χ1n) is 7.27. The molecule has 0 saturated carbocycles. The Morgan fingerprint density at radius 3 is 2.65 bits per heavy atom. The van der Waals surface area contributed by atoms with Crippen LogP contribution < -0.4 is 0 Å². The summed E-state index contributed by atoms with van der Waals surface area (Å²) in [4.78, 5) is 12.6. The Morgan fingerprint density at radius 1 is 1.17 bits per heavy atom. The third kappa shape index (κ3) is 2.87. The molecule has 114 valence electrons. The molecule has 0 aliphatic heterocycles. The molecule has 1 aromatic heterocycles. The minimum Gasteiger partial charge on any atom is -0.453 e. The van der Waals surface area contributed by atoms with Gasteiger partial charge in [0.05, 0.1) is 6.07 Å². The monoisotopic (exact) mass is 305 g/mol. The van der Waals surface area contributed by atoms with Crippen LogP contribution in [0.15, 0.2) is 59.0 Å². The lowest BCUT2D eigenvalue weighted by Crippen LogP contribution is -2.20. The van der Waals surface area contributed by atoms with Gasteiger partial charge >= 0.3 is 0 Å². The Labute approximate surface area is 133 Å². The number of nitriles is 1. The van der Waals surface area contributed by atoms with Crippen LogP contribution in [0.2, 0.25) is 0 Å². The normalized spacial score (nSPS) is 13.4. The van der Waals surface area contributed by atoms with E-state index in [9.17, 15) is 15.2 Å². The smallest absolute Gasteiger partial charge is 0.218 e. The third-order valence-corrected chi connectivity index (χ3v) is 3.79. The molecule has 3 rings (SSSR count). The van der Waals surface area contributed by atoms with Crippen LogP contribution in [0.25, 0.3) is 11.0 Å². The number of carbonyl (C=O) groups is 1. The van der Waals surface area contributed by atoms with E-state index in [-0.39, 0.29) is 5.76 Å². The molecule has 0 aliphatic rings.